The summed E-state index contributed by atoms with van der Waals surface area (Å²) in [6.45, 7) is 0. The van der Waals surface area contributed by atoms with Crippen molar-refractivity contribution in [3.63, 3.8) is 0 Å². The van der Waals surface area contributed by atoms with E-state index >= 15 is 0 Å². The van der Waals surface area contributed by atoms with E-state index in [0.29, 0.717) is 11.4 Å². The molecule has 0 fully saturated rings. The van der Waals surface area contributed by atoms with E-state index in [1.54, 1.807) is 0 Å². The zero-order chi connectivity index (χ0) is 11.1. The van der Waals surface area contributed by atoms with Gasteiger partial charge in [-0.05, 0) is 5.39 Å². The monoisotopic (exact) mass is 212 g/mol. The molecule has 0 heterocycles. The largest absolute Gasteiger partial charge is 0.410 e. The summed E-state index contributed by atoms with van der Waals surface area (Å²) in [6, 6.07) is 11.4. The van der Waals surface area contributed by atoms with Crippen LogP contribution < -0.4 is 0 Å². The minimum atomic E-state index is 0.314. The van der Waals surface area contributed by atoms with Crippen molar-refractivity contribution in [3.8, 4) is 0 Å². The van der Waals surface area contributed by atoms with Crippen LogP contribution in [0.25, 0.3) is 10.8 Å². The van der Waals surface area contributed by atoms with Gasteiger partial charge in [0.05, 0.1) is 0 Å². The van der Waals surface area contributed by atoms with E-state index in [2.05, 4.69) is 10.3 Å². The van der Waals surface area contributed by atoms with Gasteiger partial charge in [-0.25, -0.2) is 0 Å². The lowest BCUT2D eigenvalue weighted by atomic mass is 10.1. The Kier molecular flexibility index (Phi) is 1.71. The Bertz CT molecular complexity index is 592. The minimum Gasteiger partial charge on any atom is -0.410 e. The van der Waals surface area contributed by atoms with Gasteiger partial charge in [0.15, 0.2) is 0 Å². The molecule has 0 unspecified atom stereocenters. The second-order valence-corrected chi connectivity index (χ2v) is 3.61. The average Bonchev–Trinajstić information content (AvgIpc) is 2.65. The first kappa shape index (κ1) is 8.91. The van der Waals surface area contributed by atoms with Crippen LogP contribution in [0, 0.1) is 0 Å². The van der Waals surface area contributed by atoms with Gasteiger partial charge in [0.25, 0.3) is 0 Å². The summed E-state index contributed by atoms with van der Waals surface area (Å²) in [6.07, 6.45) is 0. The number of rotatable bonds is 0. The highest BCUT2D eigenvalue weighted by molar-refractivity contribution is 6.60. The van der Waals surface area contributed by atoms with Crippen molar-refractivity contribution in [3.05, 3.63) is 47.5 Å². The molecule has 0 radical (unpaired) electrons. The molecule has 1 aliphatic carbocycles. The van der Waals surface area contributed by atoms with Gasteiger partial charge in [-0.1, -0.05) is 46.7 Å². The predicted octanol–water partition coefficient (Wildman–Crippen LogP) is 2.21. The third kappa shape index (κ3) is 0.930. The maximum atomic E-state index is 8.99. The van der Waals surface area contributed by atoms with Gasteiger partial charge in [0, 0.05) is 16.5 Å². The standard InChI is InChI=1S/C12H8N2O2/c15-13-11-8-5-1-3-7-4-2-6-9(10(7)8)12(11)14-16/h1-6,15-16H. The molecule has 0 saturated carbocycles. The van der Waals surface area contributed by atoms with Crippen molar-refractivity contribution in [1.29, 1.82) is 0 Å². The summed E-state index contributed by atoms with van der Waals surface area (Å²) in [5.41, 5.74) is 2.22. The molecule has 0 spiro atoms. The van der Waals surface area contributed by atoms with E-state index in [4.69, 9.17) is 10.4 Å². The maximum Gasteiger partial charge on any atom is 0.140 e. The van der Waals surface area contributed by atoms with Gasteiger partial charge in [0.2, 0.25) is 0 Å². The quantitative estimate of drug-likeness (QED) is 0.519. The Morgan fingerprint density at radius 2 is 1.25 bits per heavy atom. The Morgan fingerprint density at radius 3 is 1.69 bits per heavy atom. The van der Waals surface area contributed by atoms with E-state index in [1.165, 1.54) is 0 Å². The number of hydrogen-bond donors (Lipinski definition) is 2. The van der Waals surface area contributed by atoms with Crippen LogP contribution in [0.1, 0.15) is 11.1 Å². The van der Waals surface area contributed by atoms with Gasteiger partial charge in [-0.2, -0.15) is 0 Å². The molecule has 0 atom stereocenters. The molecule has 0 aliphatic heterocycles. The lowest BCUT2D eigenvalue weighted by Gasteiger charge is -1.98. The van der Waals surface area contributed by atoms with Crippen molar-refractivity contribution in [1.82, 2.24) is 0 Å². The smallest absolute Gasteiger partial charge is 0.140 e. The third-order valence-corrected chi connectivity index (χ3v) is 2.84. The van der Waals surface area contributed by atoms with Crippen LogP contribution in [0.3, 0.4) is 0 Å². The molecule has 1 aliphatic rings. The molecule has 0 bridgehead atoms. The van der Waals surface area contributed by atoms with E-state index in [9.17, 15) is 0 Å². The Balaban J connectivity index is 2.53. The first-order valence-corrected chi connectivity index (χ1v) is 4.84. The first-order valence-electron chi connectivity index (χ1n) is 4.84. The summed E-state index contributed by atoms with van der Waals surface area (Å²) < 4.78 is 0. The highest BCUT2D eigenvalue weighted by Gasteiger charge is 2.27. The summed E-state index contributed by atoms with van der Waals surface area (Å²) in [7, 11) is 0. The lowest BCUT2D eigenvalue weighted by Crippen LogP contribution is -2.10. The van der Waals surface area contributed by atoms with Crippen molar-refractivity contribution in [2.45, 2.75) is 0 Å². The average molecular weight is 212 g/mol. The normalized spacial score (nSPS) is 18.8. The van der Waals surface area contributed by atoms with Gasteiger partial charge < -0.3 is 10.4 Å². The molecule has 78 valence electrons. The van der Waals surface area contributed by atoms with Crippen molar-refractivity contribution < 1.29 is 10.4 Å². The molecule has 4 nitrogen and oxygen atoms in total. The van der Waals surface area contributed by atoms with Crippen LogP contribution in [0.5, 0.6) is 0 Å². The molecule has 2 N–H and O–H groups in total. The predicted molar refractivity (Wildman–Crippen MR) is 60.6 cm³/mol. The molecule has 16 heavy (non-hydrogen) atoms. The molecular formula is C12H8N2O2. The molecule has 2 aromatic carbocycles. The maximum absolute atomic E-state index is 8.99. The molecule has 2 aromatic rings. The number of benzene rings is 2. The van der Waals surface area contributed by atoms with Crippen LogP contribution in [-0.2, 0) is 0 Å². The molecule has 0 saturated heterocycles. The third-order valence-electron chi connectivity index (χ3n) is 2.84. The van der Waals surface area contributed by atoms with Crippen LogP contribution in [0.4, 0.5) is 0 Å². The van der Waals surface area contributed by atoms with Crippen molar-refractivity contribution in [2.24, 2.45) is 10.3 Å². The zero-order valence-electron chi connectivity index (χ0n) is 8.25. The van der Waals surface area contributed by atoms with Crippen LogP contribution >= 0.6 is 0 Å². The van der Waals surface area contributed by atoms with E-state index in [1.807, 2.05) is 36.4 Å². The van der Waals surface area contributed by atoms with Gasteiger partial charge in [-0.3, -0.25) is 0 Å². The highest BCUT2D eigenvalue weighted by Crippen LogP contribution is 2.31. The number of oxime groups is 2. The van der Waals surface area contributed by atoms with E-state index < -0.39 is 0 Å². The van der Waals surface area contributed by atoms with Gasteiger partial charge >= 0.3 is 0 Å². The van der Waals surface area contributed by atoms with E-state index in [0.717, 1.165) is 21.9 Å². The lowest BCUT2D eigenvalue weighted by molar-refractivity contribution is 0.315. The topological polar surface area (TPSA) is 65.2 Å². The highest BCUT2D eigenvalue weighted by atomic mass is 16.4. The number of nitrogens with zero attached hydrogens (tertiary/aromatic N) is 2. The van der Waals surface area contributed by atoms with Crippen LogP contribution in [0.15, 0.2) is 46.7 Å². The van der Waals surface area contributed by atoms with Crippen molar-refractivity contribution in [2.75, 3.05) is 0 Å². The first-order chi connectivity index (χ1) is 7.86. The summed E-state index contributed by atoms with van der Waals surface area (Å²) >= 11 is 0. The Morgan fingerprint density at radius 1 is 0.750 bits per heavy atom. The molecule has 0 aromatic heterocycles. The fraction of sp³-hybridized carbons (Fsp3) is 0. The van der Waals surface area contributed by atoms with E-state index in [-0.39, 0.29) is 0 Å². The van der Waals surface area contributed by atoms with Crippen molar-refractivity contribution >= 4 is 22.2 Å². The molecular weight excluding hydrogens is 204 g/mol. The summed E-state index contributed by atoms with van der Waals surface area (Å²) in [4.78, 5) is 0. The fourth-order valence-electron chi connectivity index (χ4n) is 2.19. The zero-order valence-corrected chi connectivity index (χ0v) is 8.25. The number of hydrogen-bond acceptors (Lipinski definition) is 4. The summed E-state index contributed by atoms with van der Waals surface area (Å²) in [5.74, 6) is 0. The van der Waals surface area contributed by atoms with Crippen LogP contribution in [0.2, 0.25) is 0 Å². The second kappa shape index (κ2) is 3.06. The Hall–Kier alpha value is -2.36. The summed E-state index contributed by atoms with van der Waals surface area (Å²) in [5, 5.41) is 26.4. The molecule has 0 amide bonds. The minimum absolute atomic E-state index is 0.314. The van der Waals surface area contributed by atoms with Gasteiger partial charge in [-0.15, -0.1) is 0 Å². The van der Waals surface area contributed by atoms with Crippen LogP contribution in [-0.4, -0.2) is 21.8 Å². The fourth-order valence-corrected chi connectivity index (χ4v) is 2.19. The molecule has 3 rings (SSSR count). The van der Waals surface area contributed by atoms with Gasteiger partial charge in [0.1, 0.15) is 11.4 Å². The SMILES string of the molecule is ON=C1C(=NO)c2cccc3cccc1c23. The molecule has 4 heteroatoms. The second-order valence-electron chi connectivity index (χ2n) is 3.61. The Labute approximate surface area is 91.1 Å².